The molecule has 0 amide bonds. The van der Waals surface area contributed by atoms with Gasteiger partial charge in [-0.2, -0.15) is 0 Å². The molecule has 4 heteroatoms. The molecule has 1 fully saturated rings. The zero-order valence-corrected chi connectivity index (χ0v) is 11.4. The summed E-state index contributed by atoms with van der Waals surface area (Å²) in [5.41, 5.74) is 1.38. The van der Waals surface area contributed by atoms with Gasteiger partial charge >= 0.3 is 0 Å². The molecule has 0 aromatic carbocycles. The molecule has 0 radical (unpaired) electrons. The van der Waals surface area contributed by atoms with Crippen LogP contribution in [-0.4, -0.2) is 30.2 Å². The molecule has 0 aliphatic heterocycles. The summed E-state index contributed by atoms with van der Waals surface area (Å²) in [7, 11) is 1.79. The van der Waals surface area contributed by atoms with Crippen LogP contribution in [0.3, 0.4) is 0 Å². The monoisotopic (exact) mass is 249 g/mol. The number of aryl methyl sites for hydroxylation is 1. The Labute approximate surface area is 109 Å². The molecule has 0 saturated heterocycles. The smallest absolute Gasteiger partial charge is 0.129 e. The molecular weight excluding hydrogens is 226 g/mol. The predicted octanol–water partition coefficient (Wildman–Crippen LogP) is 2.66. The van der Waals surface area contributed by atoms with E-state index in [4.69, 9.17) is 4.74 Å². The lowest BCUT2D eigenvalue weighted by Gasteiger charge is -2.28. The van der Waals surface area contributed by atoms with Crippen LogP contribution in [0.1, 0.15) is 38.3 Å². The lowest BCUT2D eigenvalue weighted by atomic mass is 9.87. The maximum absolute atomic E-state index is 5.39. The third-order valence-corrected chi connectivity index (χ3v) is 3.85. The molecule has 1 aromatic rings. The second kappa shape index (κ2) is 6.14. The fraction of sp³-hybridized carbons (Fsp3) is 0.714. The highest BCUT2D eigenvalue weighted by Crippen LogP contribution is 2.38. The van der Waals surface area contributed by atoms with Gasteiger partial charge in [-0.05, 0) is 19.3 Å². The normalized spacial score (nSPS) is 17.9. The number of nitrogens with one attached hydrogen (secondary N) is 1. The summed E-state index contributed by atoms with van der Waals surface area (Å²) in [6.07, 6.45) is 7.71. The molecule has 1 heterocycles. The van der Waals surface area contributed by atoms with Crippen LogP contribution in [0.25, 0.3) is 0 Å². The van der Waals surface area contributed by atoms with E-state index in [1.807, 2.05) is 6.07 Å². The van der Waals surface area contributed by atoms with Gasteiger partial charge in [0.25, 0.3) is 0 Å². The van der Waals surface area contributed by atoms with Gasteiger partial charge in [0.15, 0.2) is 0 Å². The van der Waals surface area contributed by atoms with Crippen molar-refractivity contribution in [1.29, 1.82) is 0 Å². The Balaban J connectivity index is 1.96. The zero-order valence-electron chi connectivity index (χ0n) is 11.4. The lowest BCUT2D eigenvalue weighted by molar-refractivity contribution is 0.0923. The van der Waals surface area contributed by atoms with Gasteiger partial charge in [0.2, 0.25) is 0 Å². The van der Waals surface area contributed by atoms with Gasteiger partial charge < -0.3 is 10.1 Å². The Kier molecular flexibility index (Phi) is 4.53. The average molecular weight is 249 g/mol. The maximum atomic E-state index is 5.39. The standard InChI is InChI=1S/C14H23N3O/c1-3-12-8-13(17-11-16-12)15-9-14(10-18-2)6-4-5-7-14/h8,11H,3-7,9-10H2,1-2H3,(H,15,16,17). The van der Waals surface area contributed by atoms with Gasteiger partial charge in [0.1, 0.15) is 12.1 Å². The summed E-state index contributed by atoms with van der Waals surface area (Å²) < 4.78 is 5.39. The van der Waals surface area contributed by atoms with Crippen molar-refractivity contribution < 1.29 is 4.74 Å². The van der Waals surface area contributed by atoms with Gasteiger partial charge in [0, 0.05) is 30.8 Å². The molecule has 1 aliphatic carbocycles. The minimum absolute atomic E-state index is 0.298. The van der Waals surface area contributed by atoms with E-state index in [0.29, 0.717) is 5.41 Å². The van der Waals surface area contributed by atoms with Crippen molar-refractivity contribution in [2.24, 2.45) is 5.41 Å². The molecule has 0 spiro atoms. The van der Waals surface area contributed by atoms with Gasteiger partial charge in [-0.25, -0.2) is 9.97 Å². The number of hydrogen-bond donors (Lipinski definition) is 1. The maximum Gasteiger partial charge on any atom is 0.129 e. The van der Waals surface area contributed by atoms with E-state index in [1.165, 1.54) is 25.7 Å². The molecule has 1 saturated carbocycles. The molecule has 0 bridgehead atoms. The molecule has 0 atom stereocenters. The molecular formula is C14H23N3O. The molecule has 1 aromatic heterocycles. The summed E-state index contributed by atoms with van der Waals surface area (Å²) in [4.78, 5) is 8.49. The van der Waals surface area contributed by atoms with Crippen molar-refractivity contribution in [3.05, 3.63) is 18.1 Å². The first-order valence-electron chi connectivity index (χ1n) is 6.82. The number of ether oxygens (including phenoxy) is 1. The van der Waals surface area contributed by atoms with Crippen LogP contribution >= 0.6 is 0 Å². The summed E-state index contributed by atoms with van der Waals surface area (Å²) in [5, 5.41) is 3.46. The van der Waals surface area contributed by atoms with E-state index in [9.17, 15) is 0 Å². The third-order valence-electron chi connectivity index (χ3n) is 3.85. The van der Waals surface area contributed by atoms with Gasteiger partial charge in [-0.1, -0.05) is 19.8 Å². The summed E-state index contributed by atoms with van der Waals surface area (Å²) >= 11 is 0. The first-order chi connectivity index (χ1) is 8.78. The molecule has 18 heavy (non-hydrogen) atoms. The van der Waals surface area contributed by atoms with Gasteiger partial charge in [-0.3, -0.25) is 0 Å². The number of aromatic nitrogens is 2. The van der Waals surface area contributed by atoms with Crippen molar-refractivity contribution in [3.8, 4) is 0 Å². The number of methoxy groups -OCH3 is 1. The van der Waals surface area contributed by atoms with Crippen LogP contribution in [0.15, 0.2) is 12.4 Å². The highest BCUT2D eigenvalue weighted by molar-refractivity contribution is 5.35. The fourth-order valence-corrected chi connectivity index (χ4v) is 2.77. The van der Waals surface area contributed by atoms with Crippen molar-refractivity contribution in [2.75, 3.05) is 25.6 Å². The topological polar surface area (TPSA) is 47.0 Å². The van der Waals surface area contributed by atoms with Crippen LogP contribution < -0.4 is 5.32 Å². The Bertz CT molecular complexity index is 375. The van der Waals surface area contributed by atoms with E-state index in [1.54, 1.807) is 13.4 Å². The van der Waals surface area contributed by atoms with Crippen LogP contribution in [0.2, 0.25) is 0 Å². The molecule has 1 aliphatic rings. The van der Waals surface area contributed by atoms with E-state index in [2.05, 4.69) is 22.2 Å². The summed E-state index contributed by atoms with van der Waals surface area (Å²) in [6, 6.07) is 2.04. The molecule has 4 nitrogen and oxygen atoms in total. The number of rotatable bonds is 6. The van der Waals surface area contributed by atoms with E-state index < -0.39 is 0 Å². The lowest BCUT2D eigenvalue weighted by Crippen LogP contribution is -2.31. The Morgan fingerprint density at radius 1 is 1.33 bits per heavy atom. The second-order valence-corrected chi connectivity index (χ2v) is 5.24. The molecule has 2 rings (SSSR count). The van der Waals surface area contributed by atoms with E-state index in [-0.39, 0.29) is 0 Å². The predicted molar refractivity (Wildman–Crippen MR) is 72.7 cm³/mol. The minimum atomic E-state index is 0.298. The summed E-state index contributed by atoms with van der Waals surface area (Å²) in [5.74, 6) is 0.934. The van der Waals surface area contributed by atoms with Crippen molar-refractivity contribution in [2.45, 2.75) is 39.0 Å². The second-order valence-electron chi connectivity index (χ2n) is 5.24. The zero-order chi connectivity index (χ0) is 12.8. The fourth-order valence-electron chi connectivity index (χ4n) is 2.77. The van der Waals surface area contributed by atoms with E-state index in [0.717, 1.165) is 31.1 Å². The number of hydrogen-bond acceptors (Lipinski definition) is 4. The van der Waals surface area contributed by atoms with Crippen LogP contribution in [-0.2, 0) is 11.2 Å². The van der Waals surface area contributed by atoms with Crippen LogP contribution in [0.5, 0.6) is 0 Å². The Morgan fingerprint density at radius 3 is 2.78 bits per heavy atom. The highest BCUT2D eigenvalue weighted by atomic mass is 16.5. The highest BCUT2D eigenvalue weighted by Gasteiger charge is 2.33. The van der Waals surface area contributed by atoms with Gasteiger partial charge in [-0.15, -0.1) is 0 Å². The summed E-state index contributed by atoms with van der Waals surface area (Å²) in [6.45, 7) is 3.89. The molecule has 100 valence electrons. The molecule has 1 N–H and O–H groups in total. The van der Waals surface area contributed by atoms with Crippen LogP contribution in [0.4, 0.5) is 5.82 Å². The SMILES string of the molecule is CCc1cc(NCC2(COC)CCCC2)ncn1. The number of nitrogens with zero attached hydrogens (tertiary/aromatic N) is 2. The Morgan fingerprint density at radius 2 is 2.11 bits per heavy atom. The number of anilines is 1. The average Bonchev–Trinajstić information content (AvgIpc) is 2.86. The van der Waals surface area contributed by atoms with Crippen molar-refractivity contribution >= 4 is 5.82 Å². The third kappa shape index (κ3) is 3.19. The van der Waals surface area contributed by atoms with Crippen molar-refractivity contribution in [3.63, 3.8) is 0 Å². The van der Waals surface area contributed by atoms with Gasteiger partial charge in [0.05, 0.1) is 6.61 Å². The molecule has 0 unspecified atom stereocenters. The Hall–Kier alpha value is -1.16. The van der Waals surface area contributed by atoms with Crippen LogP contribution in [0, 0.1) is 5.41 Å². The van der Waals surface area contributed by atoms with Crippen molar-refractivity contribution in [1.82, 2.24) is 9.97 Å². The van der Waals surface area contributed by atoms with E-state index >= 15 is 0 Å². The largest absolute Gasteiger partial charge is 0.384 e. The minimum Gasteiger partial charge on any atom is -0.384 e. The first-order valence-corrected chi connectivity index (χ1v) is 6.82. The first kappa shape index (κ1) is 13.3. The quantitative estimate of drug-likeness (QED) is 0.842.